The van der Waals surface area contributed by atoms with Crippen molar-refractivity contribution < 1.29 is 36.8 Å². The fourth-order valence-corrected chi connectivity index (χ4v) is 4.36. The lowest BCUT2D eigenvalue weighted by molar-refractivity contribution is -0.151. The Morgan fingerprint density at radius 2 is 1.51 bits per heavy atom. The van der Waals surface area contributed by atoms with Crippen LogP contribution in [0.25, 0.3) is 0 Å². The number of carbonyl (C=O) groups is 3. The number of esters is 2. The summed E-state index contributed by atoms with van der Waals surface area (Å²) in [5.41, 5.74) is 0. The monoisotopic (exact) mass is 541 g/mol. The maximum absolute atomic E-state index is 12.2. The van der Waals surface area contributed by atoms with E-state index in [-0.39, 0.29) is 36.9 Å². The second-order valence-corrected chi connectivity index (χ2v) is 10.5. The van der Waals surface area contributed by atoms with Crippen LogP contribution in [0.5, 0.6) is 5.75 Å². The molecule has 1 rings (SSSR count). The molecule has 0 spiro atoms. The first-order valence-corrected chi connectivity index (χ1v) is 14.8. The highest BCUT2D eigenvalue weighted by molar-refractivity contribution is 7.86. The number of nitrogens with one attached hydrogen (secondary N) is 1. The van der Waals surface area contributed by atoms with Crippen LogP contribution < -0.4 is 10.1 Å². The van der Waals surface area contributed by atoms with E-state index in [1.807, 2.05) is 6.92 Å². The summed E-state index contributed by atoms with van der Waals surface area (Å²) >= 11 is 0. The van der Waals surface area contributed by atoms with E-state index < -0.39 is 27.1 Å². The standard InChI is InChI=1S/C27H43NO8S/c1-3-5-6-7-8-10-17-25(29)28-21-14-9-11-18-26(30)35-22(4-2)19-20-27(31)36-23-15-12-13-16-24(23)37(32,33)34/h12-13,15-16,22H,3-11,14,17-21H2,1-2H3,(H,28,29)(H,32,33,34). The van der Waals surface area contributed by atoms with Gasteiger partial charge in [0.25, 0.3) is 10.1 Å². The van der Waals surface area contributed by atoms with Crippen molar-refractivity contribution in [3.05, 3.63) is 24.3 Å². The smallest absolute Gasteiger partial charge is 0.311 e. The third-order valence-corrected chi connectivity index (χ3v) is 6.81. The van der Waals surface area contributed by atoms with Crippen LogP contribution in [-0.2, 0) is 29.2 Å². The van der Waals surface area contributed by atoms with E-state index in [4.69, 9.17) is 9.47 Å². The van der Waals surface area contributed by atoms with E-state index in [0.29, 0.717) is 25.8 Å². The Hall–Kier alpha value is -2.46. The second kappa shape index (κ2) is 18.7. The average molecular weight is 542 g/mol. The highest BCUT2D eigenvalue weighted by Gasteiger charge is 2.20. The van der Waals surface area contributed by atoms with Gasteiger partial charge in [-0.2, -0.15) is 8.42 Å². The predicted molar refractivity (Wildman–Crippen MR) is 141 cm³/mol. The molecule has 0 aliphatic rings. The highest BCUT2D eigenvalue weighted by atomic mass is 32.2. The van der Waals surface area contributed by atoms with Crippen molar-refractivity contribution in [1.29, 1.82) is 0 Å². The average Bonchev–Trinajstić information content (AvgIpc) is 2.85. The van der Waals surface area contributed by atoms with Crippen LogP contribution in [0.4, 0.5) is 0 Å². The Morgan fingerprint density at radius 1 is 0.865 bits per heavy atom. The van der Waals surface area contributed by atoms with Crippen LogP contribution in [0.3, 0.4) is 0 Å². The normalized spacial score (nSPS) is 12.1. The first-order valence-electron chi connectivity index (χ1n) is 13.4. The Bertz CT molecular complexity index is 932. The zero-order valence-corrected chi connectivity index (χ0v) is 23.0. The summed E-state index contributed by atoms with van der Waals surface area (Å²) in [7, 11) is -4.53. The van der Waals surface area contributed by atoms with Crippen LogP contribution in [0.2, 0.25) is 0 Å². The number of ether oxygens (including phenoxy) is 2. The number of rotatable bonds is 20. The van der Waals surface area contributed by atoms with E-state index >= 15 is 0 Å². The molecule has 1 aromatic carbocycles. The van der Waals surface area contributed by atoms with E-state index in [2.05, 4.69) is 12.2 Å². The molecular formula is C27H43NO8S. The number of hydrogen-bond acceptors (Lipinski definition) is 7. The zero-order chi connectivity index (χ0) is 27.5. The molecule has 0 saturated heterocycles. The molecule has 2 N–H and O–H groups in total. The highest BCUT2D eigenvalue weighted by Crippen LogP contribution is 2.23. The molecule has 9 nitrogen and oxygen atoms in total. The first-order chi connectivity index (χ1) is 17.7. The molecule has 0 aliphatic carbocycles. The van der Waals surface area contributed by atoms with Gasteiger partial charge in [0.1, 0.15) is 11.0 Å². The summed E-state index contributed by atoms with van der Waals surface area (Å²) in [4.78, 5) is 35.7. The van der Waals surface area contributed by atoms with Crippen LogP contribution in [0.1, 0.15) is 104 Å². The van der Waals surface area contributed by atoms with Crippen LogP contribution in [0, 0.1) is 0 Å². The summed E-state index contributed by atoms with van der Waals surface area (Å²) in [5, 5.41) is 2.92. The first kappa shape index (κ1) is 32.6. The molecule has 1 unspecified atom stereocenters. The van der Waals surface area contributed by atoms with Gasteiger partial charge in [0, 0.05) is 25.8 Å². The summed E-state index contributed by atoms with van der Waals surface area (Å²) in [6.45, 7) is 4.62. The van der Waals surface area contributed by atoms with Gasteiger partial charge in [-0.15, -0.1) is 0 Å². The Labute approximate surface area is 221 Å². The lowest BCUT2D eigenvalue weighted by Crippen LogP contribution is -2.24. The Morgan fingerprint density at radius 3 is 2.22 bits per heavy atom. The minimum atomic E-state index is -4.53. The van der Waals surface area contributed by atoms with Gasteiger partial charge >= 0.3 is 11.9 Å². The zero-order valence-electron chi connectivity index (χ0n) is 22.2. The van der Waals surface area contributed by atoms with Gasteiger partial charge in [-0.3, -0.25) is 18.9 Å². The van der Waals surface area contributed by atoms with Gasteiger partial charge in [0.15, 0.2) is 5.75 Å². The lowest BCUT2D eigenvalue weighted by atomic mass is 10.1. The quantitative estimate of drug-likeness (QED) is 0.0973. The van der Waals surface area contributed by atoms with E-state index in [0.717, 1.165) is 31.7 Å². The molecule has 1 amide bonds. The minimum Gasteiger partial charge on any atom is -0.462 e. The van der Waals surface area contributed by atoms with Crippen LogP contribution in [-0.4, -0.2) is 43.5 Å². The molecule has 0 fully saturated rings. The number of unbranched alkanes of at least 4 members (excludes halogenated alkanes) is 7. The van der Waals surface area contributed by atoms with Crippen molar-refractivity contribution in [3.63, 3.8) is 0 Å². The van der Waals surface area contributed by atoms with Gasteiger partial charge in [0.2, 0.25) is 5.91 Å². The third kappa shape index (κ3) is 15.4. The topological polar surface area (TPSA) is 136 Å². The third-order valence-electron chi connectivity index (χ3n) is 5.91. The molecule has 0 saturated carbocycles. The van der Waals surface area contributed by atoms with Gasteiger partial charge < -0.3 is 14.8 Å². The minimum absolute atomic E-state index is 0.0793. The predicted octanol–water partition coefficient (Wildman–Crippen LogP) is 5.37. The van der Waals surface area contributed by atoms with Crippen molar-refractivity contribution in [3.8, 4) is 5.75 Å². The van der Waals surface area contributed by atoms with Gasteiger partial charge in [-0.05, 0) is 44.2 Å². The van der Waals surface area contributed by atoms with Crippen molar-refractivity contribution in [2.75, 3.05) is 6.54 Å². The van der Waals surface area contributed by atoms with Crippen LogP contribution >= 0.6 is 0 Å². The Balaban J connectivity index is 2.19. The van der Waals surface area contributed by atoms with Gasteiger partial charge in [-0.1, -0.05) is 64.5 Å². The van der Waals surface area contributed by atoms with E-state index in [1.54, 1.807) is 0 Å². The largest absolute Gasteiger partial charge is 0.462 e. The fraction of sp³-hybridized carbons (Fsp3) is 0.667. The fourth-order valence-electron chi connectivity index (χ4n) is 3.74. The van der Waals surface area contributed by atoms with Gasteiger partial charge in [-0.25, -0.2) is 0 Å². The summed E-state index contributed by atoms with van der Waals surface area (Å²) < 4.78 is 42.6. The maximum atomic E-state index is 12.2. The summed E-state index contributed by atoms with van der Waals surface area (Å²) in [6.07, 6.45) is 10.2. The van der Waals surface area contributed by atoms with Crippen molar-refractivity contribution in [2.24, 2.45) is 0 Å². The number of hydrogen-bond donors (Lipinski definition) is 2. The van der Waals surface area contributed by atoms with Crippen molar-refractivity contribution >= 4 is 28.0 Å². The SMILES string of the molecule is CCCCCCCCC(=O)NCCCCCC(=O)OC(CC)CCC(=O)Oc1ccccc1S(=O)(=O)O. The molecule has 0 aliphatic heterocycles. The molecule has 37 heavy (non-hydrogen) atoms. The van der Waals surface area contributed by atoms with Crippen molar-refractivity contribution in [1.82, 2.24) is 5.32 Å². The van der Waals surface area contributed by atoms with E-state index in [1.165, 1.54) is 43.9 Å². The molecule has 210 valence electrons. The number of benzene rings is 1. The number of carbonyl (C=O) groups excluding carboxylic acids is 3. The number of para-hydroxylation sites is 1. The van der Waals surface area contributed by atoms with Gasteiger partial charge in [0.05, 0.1) is 0 Å². The van der Waals surface area contributed by atoms with E-state index in [9.17, 15) is 27.4 Å². The molecule has 0 radical (unpaired) electrons. The Kier molecular flexibility index (Phi) is 16.5. The molecule has 10 heteroatoms. The molecule has 1 atom stereocenters. The lowest BCUT2D eigenvalue weighted by Gasteiger charge is -2.16. The number of amides is 1. The second-order valence-electron chi connectivity index (χ2n) is 9.13. The molecule has 0 bridgehead atoms. The van der Waals surface area contributed by atoms with Crippen molar-refractivity contribution in [2.45, 2.75) is 115 Å². The molecule has 0 heterocycles. The molecular weight excluding hydrogens is 498 g/mol. The van der Waals surface area contributed by atoms with Crippen LogP contribution in [0.15, 0.2) is 29.2 Å². The molecule has 1 aromatic rings. The maximum Gasteiger partial charge on any atom is 0.311 e. The summed E-state index contributed by atoms with van der Waals surface area (Å²) in [6, 6.07) is 5.30. The molecule has 0 aromatic heterocycles. The summed E-state index contributed by atoms with van der Waals surface area (Å²) in [5.74, 6) is -1.20.